The molecule has 0 saturated carbocycles. The molecule has 0 unspecified atom stereocenters. The summed E-state index contributed by atoms with van der Waals surface area (Å²) >= 11 is 0. The van der Waals surface area contributed by atoms with E-state index in [1.165, 1.54) is 28.4 Å². The third-order valence-corrected chi connectivity index (χ3v) is 4.69. The van der Waals surface area contributed by atoms with E-state index in [9.17, 15) is 14.9 Å². The maximum atomic E-state index is 12.5. The first-order valence-electron chi connectivity index (χ1n) is 8.20. The van der Waals surface area contributed by atoms with Gasteiger partial charge in [-0.3, -0.25) is 0 Å². The quantitative estimate of drug-likeness (QED) is 0.671. The normalized spacial score (nSPS) is 25.4. The second-order valence-corrected chi connectivity index (χ2v) is 6.05. The summed E-state index contributed by atoms with van der Waals surface area (Å²) < 4.78 is 25.7. The van der Waals surface area contributed by atoms with Gasteiger partial charge in [-0.15, -0.1) is 0 Å². The number of nitriles is 1. The van der Waals surface area contributed by atoms with Crippen LogP contribution in [-0.2, 0) is 23.9 Å². The number of hydrogen-bond donors (Lipinski definition) is 0. The van der Waals surface area contributed by atoms with Gasteiger partial charge in [0.2, 0.25) is 6.10 Å². The highest BCUT2D eigenvalue weighted by Crippen LogP contribution is 2.46. The highest BCUT2D eigenvalue weighted by Gasteiger charge is 2.64. The van der Waals surface area contributed by atoms with Gasteiger partial charge in [0.15, 0.2) is 0 Å². The molecule has 0 amide bonds. The van der Waals surface area contributed by atoms with Crippen molar-refractivity contribution in [2.75, 3.05) is 28.4 Å². The summed E-state index contributed by atoms with van der Waals surface area (Å²) in [6, 6.07) is 5.21. The van der Waals surface area contributed by atoms with E-state index in [0.717, 1.165) is 0 Å². The van der Waals surface area contributed by atoms with Gasteiger partial charge in [-0.2, -0.15) is 5.26 Å². The van der Waals surface area contributed by atoms with Crippen LogP contribution in [0.3, 0.4) is 0 Å². The lowest BCUT2D eigenvalue weighted by molar-refractivity contribution is -0.165. The number of methoxy groups -OCH3 is 4. The molecule has 1 aromatic rings. The lowest BCUT2D eigenvalue weighted by atomic mass is 9.80. The largest absolute Gasteiger partial charge is 0.496 e. The SMILES string of the molecule is COC(=O)[C@@H]1C[C@@]2(ON=C(c3c(OC)cc(OC)cc3OC)[C@@H]2C#N)C(=O)O1. The third kappa shape index (κ3) is 2.76. The zero-order valence-corrected chi connectivity index (χ0v) is 15.7. The number of nitrogens with zero attached hydrogens (tertiary/aromatic N) is 2. The lowest BCUT2D eigenvalue weighted by Crippen LogP contribution is -2.43. The van der Waals surface area contributed by atoms with Crippen LogP contribution in [-0.4, -0.2) is 57.8 Å². The topological polar surface area (TPSA) is 126 Å². The van der Waals surface area contributed by atoms with Crippen LogP contribution < -0.4 is 14.2 Å². The van der Waals surface area contributed by atoms with Gasteiger partial charge in [0.1, 0.15) is 28.9 Å². The molecule has 0 aliphatic carbocycles. The van der Waals surface area contributed by atoms with Crippen molar-refractivity contribution in [3.8, 4) is 23.3 Å². The standard InChI is InChI=1S/C18H18N2O8/c1-23-9-5-11(24-2)14(12(6-9)25-3)15-10(8-19)18(28-20-15)7-13(16(21)26-4)27-17(18)22/h5-6,10,13H,7H2,1-4H3/t10-,13-,18-/m0/s1. The van der Waals surface area contributed by atoms with Crippen LogP contribution in [0.4, 0.5) is 0 Å². The predicted octanol–water partition coefficient (Wildman–Crippen LogP) is 0.814. The van der Waals surface area contributed by atoms with E-state index in [1.54, 1.807) is 12.1 Å². The molecule has 2 aliphatic rings. The van der Waals surface area contributed by atoms with E-state index in [-0.39, 0.29) is 12.1 Å². The predicted molar refractivity (Wildman–Crippen MR) is 92.1 cm³/mol. The van der Waals surface area contributed by atoms with Gasteiger partial charge >= 0.3 is 11.9 Å². The Morgan fingerprint density at radius 3 is 2.36 bits per heavy atom. The van der Waals surface area contributed by atoms with Crippen molar-refractivity contribution < 1.29 is 38.1 Å². The van der Waals surface area contributed by atoms with Gasteiger partial charge in [-0.1, -0.05) is 5.16 Å². The van der Waals surface area contributed by atoms with Gasteiger partial charge in [0.05, 0.1) is 46.5 Å². The zero-order chi connectivity index (χ0) is 20.5. The Morgan fingerprint density at radius 2 is 1.86 bits per heavy atom. The fourth-order valence-corrected chi connectivity index (χ4v) is 3.27. The Labute approximate surface area is 160 Å². The second kappa shape index (κ2) is 7.26. The molecule has 0 N–H and O–H groups in total. The summed E-state index contributed by atoms with van der Waals surface area (Å²) in [5, 5.41) is 13.8. The Balaban J connectivity index is 2.06. The number of hydrogen-bond acceptors (Lipinski definition) is 10. The van der Waals surface area contributed by atoms with Crippen molar-refractivity contribution in [3.63, 3.8) is 0 Å². The molecule has 1 spiro atoms. The van der Waals surface area contributed by atoms with Gasteiger partial charge in [0.25, 0.3) is 5.60 Å². The van der Waals surface area contributed by atoms with Crippen LogP contribution >= 0.6 is 0 Å². The molecule has 148 valence electrons. The monoisotopic (exact) mass is 390 g/mol. The first kappa shape index (κ1) is 19.3. The number of benzene rings is 1. The Kier molecular flexibility index (Phi) is 5.00. The molecule has 1 fully saturated rings. The molecule has 10 heteroatoms. The average molecular weight is 390 g/mol. The van der Waals surface area contributed by atoms with Crippen LogP contribution in [0.1, 0.15) is 12.0 Å². The summed E-state index contributed by atoms with van der Waals surface area (Å²) in [5.74, 6) is -1.67. The Hall–Kier alpha value is -3.48. The molecular formula is C18H18N2O8. The van der Waals surface area contributed by atoms with Crippen molar-refractivity contribution in [1.82, 2.24) is 0 Å². The van der Waals surface area contributed by atoms with E-state index in [4.69, 9.17) is 23.8 Å². The van der Waals surface area contributed by atoms with Gasteiger partial charge < -0.3 is 28.5 Å². The Morgan fingerprint density at radius 1 is 1.21 bits per heavy atom. The molecule has 0 aromatic heterocycles. The minimum absolute atomic E-state index is 0.126. The van der Waals surface area contributed by atoms with Crippen molar-refractivity contribution in [2.45, 2.75) is 18.1 Å². The smallest absolute Gasteiger partial charge is 0.356 e. The van der Waals surface area contributed by atoms with Crippen LogP contribution in [0, 0.1) is 17.2 Å². The molecule has 1 aromatic carbocycles. The van der Waals surface area contributed by atoms with Gasteiger partial charge in [0, 0.05) is 12.1 Å². The molecule has 28 heavy (non-hydrogen) atoms. The number of carbonyl (C=O) groups is 2. The molecule has 10 nitrogen and oxygen atoms in total. The summed E-state index contributed by atoms with van der Waals surface area (Å²) in [7, 11) is 5.52. The van der Waals surface area contributed by atoms with E-state index in [2.05, 4.69) is 9.89 Å². The summed E-state index contributed by atoms with van der Waals surface area (Å²) in [6.45, 7) is 0. The van der Waals surface area contributed by atoms with Crippen molar-refractivity contribution in [1.29, 1.82) is 5.26 Å². The average Bonchev–Trinajstić information content (AvgIpc) is 3.26. The van der Waals surface area contributed by atoms with E-state index >= 15 is 0 Å². The summed E-state index contributed by atoms with van der Waals surface area (Å²) in [5.41, 5.74) is -1.29. The maximum Gasteiger partial charge on any atom is 0.356 e. The molecular weight excluding hydrogens is 372 g/mol. The van der Waals surface area contributed by atoms with Crippen LogP contribution in [0.25, 0.3) is 0 Å². The second-order valence-electron chi connectivity index (χ2n) is 6.05. The molecule has 0 radical (unpaired) electrons. The van der Waals surface area contributed by atoms with Crippen molar-refractivity contribution in [3.05, 3.63) is 17.7 Å². The third-order valence-electron chi connectivity index (χ3n) is 4.69. The molecule has 2 heterocycles. The highest BCUT2D eigenvalue weighted by atomic mass is 16.7. The van der Waals surface area contributed by atoms with E-state index in [1.807, 2.05) is 6.07 Å². The number of cyclic esters (lactones) is 1. The first-order valence-corrected chi connectivity index (χ1v) is 8.20. The van der Waals surface area contributed by atoms with E-state index in [0.29, 0.717) is 22.8 Å². The minimum atomic E-state index is -1.75. The zero-order valence-electron chi connectivity index (χ0n) is 15.7. The number of rotatable bonds is 5. The number of oxime groups is 1. The molecule has 3 rings (SSSR count). The highest BCUT2D eigenvalue weighted by molar-refractivity contribution is 6.12. The summed E-state index contributed by atoms with van der Waals surface area (Å²) in [4.78, 5) is 29.7. The van der Waals surface area contributed by atoms with Gasteiger partial charge in [-0.05, 0) is 0 Å². The fraction of sp³-hybridized carbons (Fsp3) is 0.444. The lowest BCUT2D eigenvalue weighted by Gasteiger charge is -2.21. The van der Waals surface area contributed by atoms with Crippen LogP contribution in [0.2, 0.25) is 0 Å². The van der Waals surface area contributed by atoms with E-state index < -0.39 is 29.6 Å². The molecule has 2 aliphatic heterocycles. The first-order chi connectivity index (χ1) is 13.4. The number of esters is 2. The van der Waals surface area contributed by atoms with Gasteiger partial charge in [-0.25, -0.2) is 9.59 Å². The fourth-order valence-electron chi connectivity index (χ4n) is 3.27. The summed E-state index contributed by atoms with van der Waals surface area (Å²) in [6.07, 6.45) is -1.38. The molecule has 0 bridgehead atoms. The molecule has 1 saturated heterocycles. The van der Waals surface area contributed by atoms with Crippen LogP contribution in [0.15, 0.2) is 17.3 Å². The molecule has 3 atom stereocenters. The Bertz CT molecular complexity index is 865. The number of ether oxygens (including phenoxy) is 5. The van der Waals surface area contributed by atoms with Crippen LogP contribution in [0.5, 0.6) is 17.2 Å². The van der Waals surface area contributed by atoms with Crippen molar-refractivity contribution >= 4 is 17.7 Å². The van der Waals surface area contributed by atoms with Crippen molar-refractivity contribution in [2.24, 2.45) is 11.1 Å². The number of carbonyl (C=O) groups excluding carboxylic acids is 2. The minimum Gasteiger partial charge on any atom is -0.496 e. The maximum absolute atomic E-state index is 12.5.